The van der Waals surface area contributed by atoms with E-state index in [0.29, 0.717) is 18.4 Å². The van der Waals surface area contributed by atoms with Crippen molar-refractivity contribution in [2.75, 3.05) is 31.7 Å². The number of hydrogen-bond acceptors (Lipinski definition) is 5. The number of nitrogens with one attached hydrogen (secondary N) is 1. The van der Waals surface area contributed by atoms with Gasteiger partial charge in [-0.1, -0.05) is 6.92 Å². The van der Waals surface area contributed by atoms with Gasteiger partial charge in [0.15, 0.2) is 0 Å². The van der Waals surface area contributed by atoms with E-state index < -0.39 is 0 Å². The summed E-state index contributed by atoms with van der Waals surface area (Å²) in [6.45, 7) is 7.22. The van der Waals surface area contributed by atoms with Gasteiger partial charge in [0.25, 0.3) is 0 Å². The Morgan fingerprint density at radius 1 is 1.50 bits per heavy atom. The first-order valence-electron chi connectivity index (χ1n) is 6.58. The number of ether oxygens (including phenoxy) is 2. The minimum Gasteiger partial charge on any atom is -0.477 e. The predicted octanol–water partition coefficient (Wildman–Crippen LogP) is 2.02. The van der Waals surface area contributed by atoms with Crippen LogP contribution in [-0.4, -0.2) is 36.3 Å². The molecule has 5 nitrogen and oxygen atoms in total. The Balaban J connectivity index is 1.91. The van der Waals surface area contributed by atoms with E-state index in [1.807, 2.05) is 13.0 Å². The Hall–Kier alpha value is -1.36. The van der Waals surface area contributed by atoms with Crippen LogP contribution < -0.4 is 10.1 Å². The summed E-state index contributed by atoms with van der Waals surface area (Å²) >= 11 is 0. The van der Waals surface area contributed by atoms with Gasteiger partial charge in [-0.15, -0.1) is 0 Å². The summed E-state index contributed by atoms with van der Waals surface area (Å²) in [5.41, 5.74) is 0. The van der Waals surface area contributed by atoms with Gasteiger partial charge in [-0.05, 0) is 19.8 Å². The minimum atomic E-state index is 0.493. The number of anilines is 1. The van der Waals surface area contributed by atoms with Crippen molar-refractivity contribution in [3.8, 4) is 5.88 Å². The van der Waals surface area contributed by atoms with E-state index in [-0.39, 0.29) is 0 Å². The fraction of sp³-hybridized carbons (Fsp3) is 0.692. The third-order valence-corrected chi connectivity index (χ3v) is 2.86. The zero-order valence-corrected chi connectivity index (χ0v) is 11.1. The smallest absolute Gasteiger partial charge is 0.218 e. The lowest BCUT2D eigenvalue weighted by molar-refractivity contribution is 0.165. The van der Waals surface area contributed by atoms with E-state index in [0.717, 1.165) is 44.2 Å². The van der Waals surface area contributed by atoms with Crippen LogP contribution in [0.15, 0.2) is 6.07 Å². The molecule has 0 spiro atoms. The first-order valence-corrected chi connectivity index (χ1v) is 6.58. The molecule has 2 heterocycles. The van der Waals surface area contributed by atoms with Crippen LogP contribution in [0.2, 0.25) is 0 Å². The molecule has 100 valence electrons. The van der Waals surface area contributed by atoms with Crippen LogP contribution >= 0.6 is 0 Å². The Morgan fingerprint density at radius 3 is 3.11 bits per heavy atom. The molecule has 1 aliphatic heterocycles. The summed E-state index contributed by atoms with van der Waals surface area (Å²) in [4.78, 5) is 8.61. The topological polar surface area (TPSA) is 56.3 Å². The maximum atomic E-state index is 5.72. The van der Waals surface area contributed by atoms with Crippen molar-refractivity contribution in [1.82, 2.24) is 9.97 Å². The molecule has 0 radical (unpaired) electrons. The van der Waals surface area contributed by atoms with E-state index in [1.165, 1.54) is 0 Å². The van der Waals surface area contributed by atoms with Crippen LogP contribution in [0.5, 0.6) is 5.88 Å². The van der Waals surface area contributed by atoms with Crippen molar-refractivity contribution in [1.29, 1.82) is 0 Å². The number of hydrogen-bond donors (Lipinski definition) is 1. The zero-order valence-electron chi connectivity index (χ0n) is 11.1. The van der Waals surface area contributed by atoms with E-state index >= 15 is 0 Å². The lowest BCUT2D eigenvalue weighted by atomic mass is 10.1. The normalized spacial score (nSPS) is 18.9. The van der Waals surface area contributed by atoms with Gasteiger partial charge in [0.2, 0.25) is 5.88 Å². The molecular formula is C13H21N3O2. The SMILES string of the molecule is CCCNc1cc(OCC2CCOC2)nc(C)n1. The first-order chi connectivity index (χ1) is 8.78. The van der Waals surface area contributed by atoms with E-state index in [2.05, 4.69) is 22.2 Å². The number of aryl methyl sites for hydroxylation is 1. The fourth-order valence-electron chi connectivity index (χ4n) is 1.88. The summed E-state index contributed by atoms with van der Waals surface area (Å²) in [6.07, 6.45) is 2.14. The second-order valence-electron chi connectivity index (χ2n) is 4.61. The summed E-state index contributed by atoms with van der Waals surface area (Å²) in [7, 11) is 0. The van der Waals surface area contributed by atoms with Gasteiger partial charge in [0.05, 0.1) is 13.2 Å². The highest BCUT2D eigenvalue weighted by Gasteiger charge is 2.16. The van der Waals surface area contributed by atoms with Gasteiger partial charge in [0, 0.05) is 25.1 Å². The van der Waals surface area contributed by atoms with Crippen LogP contribution in [0.25, 0.3) is 0 Å². The number of aromatic nitrogens is 2. The van der Waals surface area contributed by atoms with Crippen molar-refractivity contribution in [2.24, 2.45) is 5.92 Å². The number of rotatable bonds is 6. The molecule has 1 aromatic heterocycles. The van der Waals surface area contributed by atoms with Crippen molar-refractivity contribution >= 4 is 5.82 Å². The maximum absolute atomic E-state index is 5.72. The molecule has 0 aliphatic carbocycles. The molecule has 1 unspecified atom stereocenters. The molecule has 2 rings (SSSR count). The molecule has 18 heavy (non-hydrogen) atoms. The maximum Gasteiger partial charge on any atom is 0.218 e. The van der Waals surface area contributed by atoms with Crippen molar-refractivity contribution < 1.29 is 9.47 Å². The van der Waals surface area contributed by atoms with Crippen LogP contribution in [0, 0.1) is 12.8 Å². The fourth-order valence-corrected chi connectivity index (χ4v) is 1.88. The molecule has 0 amide bonds. The quantitative estimate of drug-likeness (QED) is 0.838. The highest BCUT2D eigenvalue weighted by molar-refractivity contribution is 5.38. The molecule has 5 heteroatoms. The van der Waals surface area contributed by atoms with Crippen LogP contribution in [0.4, 0.5) is 5.82 Å². The number of nitrogens with zero attached hydrogens (tertiary/aromatic N) is 2. The summed E-state index contributed by atoms with van der Waals surface area (Å²) < 4.78 is 11.0. The molecular weight excluding hydrogens is 230 g/mol. The molecule has 1 aromatic rings. The average molecular weight is 251 g/mol. The van der Waals surface area contributed by atoms with Crippen molar-refractivity contribution in [2.45, 2.75) is 26.7 Å². The Bertz CT molecular complexity index is 378. The van der Waals surface area contributed by atoms with Gasteiger partial charge in [-0.25, -0.2) is 4.98 Å². The van der Waals surface area contributed by atoms with Gasteiger partial charge < -0.3 is 14.8 Å². The highest BCUT2D eigenvalue weighted by Crippen LogP contribution is 2.17. The molecule has 1 aliphatic rings. The van der Waals surface area contributed by atoms with E-state index in [4.69, 9.17) is 9.47 Å². The Labute approximate surface area is 108 Å². The molecule has 1 atom stereocenters. The van der Waals surface area contributed by atoms with Crippen LogP contribution in [0.3, 0.4) is 0 Å². The predicted molar refractivity (Wildman–Crippen MR) is 70.0 cm³/mol. The minimum absolute atomic E-state index is 0.493. The summed E-state index contributed by atoms with van der Waals surface area (Å²) in [6, 6.07) is 1.86. The molecule has 1 fully saturated rings. The van der Waals surface area contributed by atoms with Crippen LogP contribution in [-0.2, 0) is 4.74 Å². The second kappa shape index (κ2) is 6.54. The van der Waals surface area contributed by atoms with E-state index in [1.54, 1.807) is 0 Å². The molecule has 1 N–H and O–H groups in total. The summed E-state index contributed by atoms with van der Waals surface area (Å²) in [5.74, 6) is 2.70. The highest BCUT2D eigenvalue weighted by atomic mass is 16.5. The molecule has 0 saturated carbocycles. The van der Waals surface area contributed by atoms with Gasteiger partial charge in [0.1, 0.15) is 11.6 Å². The summed E-state index contributed by atoms with van der Waals surface area (Å²) in [5, 5.41) is 3.25. The van der Waals surface area contributed by atoms with Gasteiger partial charge in [-0.3, -0.25) is 0 Å². The third-order valence-electron chi connectivity index (χ3n) is 2.86. The standard InChI is InChI=1S/C13H21N3O2/c1-3-5-14-12-7-13(16-10(2)15-12)18-9-11-4-6-17-8-11/h7,11H,3-6,8-9H2,1-2H3,(H,14,15,16). The lowest BCUT2D eigenvalue weighted by Gasteiger charge is -2.11. The molecule has 1 saturated heterocycles. The second-order valence-corrected chi connectivity index (χ2v) is 4.61. The Morgan fingerprint density at radius 2 is 2.39 bits per heavy atom. The van der Waals surface area contributed by atoms with Crippen molar-refractivity contribution in [3.05, 3.63) is 11.9 Å². The Kier molecular flexibility index (Phi) is 4.75. The largest absolute Gasteiger partial charge is 0.477 e. The van der Waals surface area contributed by atoms with Crippen LogP contribution in [0.1, 0.15) is 25.6 Å². The van der Waals surface area contributed by atoms with Gasteiger partial charge >= 0.3 is 0 Å². The molecule has 0 aromatic carbocycles. The molecule has 0 bridgehead atoms. The zero-order chi connectivity index (χ0) is 12.8. The third kappa shape index (κ3) is 3.84. The van der Waals surface area contributed by atoms with Gasteiger partial charge in [-0.2, -0.15) is 4.98 Å². The lowest BCUT2D eigenvalue weighted by Crippen LogP contribution is -2.13. The first kappa shape index (κ1) is 13.1. The van der Waals surface area contributed by atoms with Crippen molar-refractivity contribution in [3.63, 3.8) is 0 Å². The average Bonchev–Trinajstić information content (AvgIpc) is 2.86. The van der Waals surface area contributed by atoms with E-state index in [9.17, 15) is 0 Å². The monoisotopic (exact) mass is 251 g/mol.